The van der Waals surface area contributed by atoms with Crippen molar-refractivity contribution in [1.82, 2.24) is 0 Å². The van der Waals surface area contributed by atoms with Gasteiger partial charge in [-0.1, -0.05) is 74.4 Å². The van der Waals surface area contributed by atoms with Crippen LogP contribution in [0.15, 0.2) is 72.8 Å². The molecule has 0 fully saturated rings. The fourth-order valence-corrected chi connectivity index (χ4v) is 3.68. The summed E-state index contributed by atoms with van der Waals surface area (Å²) in [7, 11) is 0. The molecule has 0 amide bonds. The molecular formula is C25H23F. The number of benzene rings is 4. The molecule has 0 aliphatic rings. The zero-order chi connectivity index (χ0) is 17.9. The lowest BCUT2D eigenvalue weighted by molar-refractivity contribution is 0.628. The van der Waals surface area contributed by atoms with Gasteiger partial charge in [0.05, 0.1) is 0 Å². The Morgan fingerprint density at radius 1 is 0.654 bits per heavy atom. The van der Waals surface area contributed by atoms with Crippen molar-refractivity contribution in [3.8, 4) is 11.1 Å². The molecule has 0 atom stereocenters. The Hall–Kier alpha value is -2.67. The van der Waals surface area contributed by atoms with Crippen molar-refractivity contribution in [2.75, 3.05) is 0 Å². The molecular weight excluding hydrogens is 319 g/mol. The van der Waals surface area contributed by atoms with Gasteiger partial charge >= 0.3 is 0 Å². The molecule has 0 radical (unpaired) electrons. The van der Waals surface area contributed by atoms with Gasteiger partial charge in [-0.3, -0.25) is 0 Å². The maximum atomic E-state index is 13.2. The topological polar surface area (TPSA) is 0 Å². The number of hydrogen-bond acceptors (Lipinski definition) is 0. The SMILES string of the molecule is CCCCCc1ccc2c(ccc3cc(-c4ccc(F)cc4)ccc32)c1. The average molecular weight is 342 g/mol. The van der Waals surface area contributed by atoms with E-state index in [2.05, 4.69) is 55.5 Å². The molecule has 0 N–H and O–H groups in total. The maximum absolute atomic E-state index is 13.2. The summed E-state index contributed by atoms with van der Waals surface area (Å²) in [6.07, 6.45) is 4.97. The van der Waals surface area contributed by atoms with Crippen LogP contribution in [0.4, 0.5) is 4.39 Å². The zero-order valence-electron chi connectivity index (χ0n) is 15.1. The van der Waals surface area contributed by atoms with Crippen molar-refractivity contribution >= 4 is 21.5 Å². The smallest absolute Gasteiger partial charge is 0.123 e. The summed E-state index contributed by atoms with van der Waals surface area (Å²) < 4.78 is 13.2. The first-order chi connectivity index (χ1) is 12.7. The molecule has 0 saturated heterocycles. The van der Waals surface area contributed by atoms with E-state index in [-0.39, 0.29) is 5.82 Å². The second-order valence-corrected chi connectivity index (χ2v) is 7.02. The quantitative estimate of drug-likeness (QED) is 0.260. The van der Waals surface area contributed by atoms with Gasteiger partial charge in [0.25, 0.3) is 0 Å². The van der Waals surface area contributed by atoms with E-state index in [0.29, 0.717) is 0 Å². The number of halogens is 1. The van der Waals surface area contributed by atoms with Gasteiger partial charge in [0, 0.05) is 0 Å². The van der Waals surface area contributed by atoms with Crippen molar-refractivity contribution in [3.63, 3.8) is 0 Å². The third-order valence-electron chi connectivity index (χ3n) is 5.15. The molecule has 4 rings (SSSR count). The van der Waals surface area contributed by atoms with Crippen molar-refractivity contribution in [2.45, 2.75) is 32.6 Å². The van der Waals surface area contributed by atoms with E-state index in [9.17, 15) is 4.39 Å². The van der Waals surface area contributed by atoms with Crippen LogP contribution in [0, 0.1) is 5.82 Å². The van der Waals surface area contributed by atoms with Gasteiger partial charge in [0.2, 0.25) is 0 Å². The van der Waals surface area contributed by atoms with E-state index in [1.807, 2.05) is 12.1 Å². The van der Waals surface area contributed by atoms with Crippen LogP contribution in [0.5, 0.6) is 0 Å². The van der Waals surface area contributed by atoms with Crippen LogP contribution in [0.3, 0.4) is 0 Å². The summed E-state index contributed by atoms with van der Waals surface area (Å²) in [5, 5.41) is 5.10. The zero-order valence-corrected chi connectivity index (χ0v) is 15.1. The Labute approximate surface area is 154 Å². The minimum absolute atomic E-state index is 0.199. The highest BCUT2D eigenvalue weighted by Crippen LogP contribution is 2.30. The molecule has 130 valence electrons. The van der Waals surface area contributed by atoms with Crippen molar-refractivity contribution in [2.24, 2.45) is 0 Å². The van der Waals surface area contributed by atoms with Crippen LogP contribution >= 0.6 is 0 Å². The summed E-state index contributed by atoms with van der Waals surface area (Å²) >= 11 is 0. The van der Waals surface area contributed by atoms with Crippen LogP contribution in [0.1, 0.15) is 31.7 Å². The highest BCUT2D eigenvalue weighted by Gasteiger charge is 2.05. The van der Waals surface area contributed by atoms with Gasteiger partial charge in [-0.25, -0.2) is 4.39 Å². The highest BCUT2D eigenvalue weighted by atomic mass is 19.1. The molecule has 0 bridgehead atoms. The normalized spacial score (nSPS) is 11.3. The number of hydrogen-bond donors (Lipinski definition) is 0. The fourth-order valence-electron chi connectivity index (χ4n) is 3.68. The minimum atomic E-state index is -0.199. The van der Waals surface area contributed by atoms with Crippen LogP contribution < -0.4 is 0 Å². The van der Waals surface area contributed by atoms with Crippen LogP contribution in [0.2, 0.25) is 0 Å². The molecule has 0 nitrogen and oxygen atoms in total. The summed E-state index contributed by atoms with van der Waals surface area (Å²) in [6.45, 7) is 2.24. The summed E-state index contributed by atoms with van der Waals surface area (Å²) in [5.74, 6) is -0.199. The van der Waals surface area contributed by atoms with E-state index in [0.717, 1.165) is 17.5 Å². The Bertz CT molecular complexity index is 1040. The van der Waals surface area contributed by atoms with Crippen LogP contribution in [-0.4, -0.2) is 0 Å². The van der Waals surface area contributed by atoms with Crippen molar-refractivity contribution < 1.29 is 4.39 Å². The maximum Gasteiger partial charge on any atom is 0.123 e. The molecule has 0 aliphatic carbocycles. The first-order valence-corrected chi connectivity index (χ1v) is 9.46. The molecule has 1 heteroatoms. The third-order valence-corrected chi connectivity index (χ3v) is 5.15. The summed E-state index contributed by atoms with van der Waals surface area (Å²) in [6, 6.07) is 24.5. The second-order valence-electron chi connectivity index (χ2n) is 7.02. The summed E-state index contributed by atoms with van der Waals surface area (Å²) in [5.41, 5.74) is 3.58. The molecule has 4 aromatic carbocycles. The van der Waals surface area contributed by atoms with Gasteiger partial charge in [-0.15, -0.1) is 0 Å². The third kappa shape index (κ3) is 3.35. The molecule has 26 heavy (non-hydrogen) atoms. The predicted octanol–water partition coefficient (Wildman–Crippen LogP) is 7.53. The standard InChI is InChI=1S/C25H23F/c1-2-3-4-5-18-6-14-24-21(16-18)7-8-22-17-20(11-15-25(22)24)19-9-12-23(26)13-10-19/h6-17H,2-5H2,1H3. The fraction of sp³-hybridized carbons (Fsp3) is 0.200. The Morgan fingerprint density at radius 3 is 2.04 bits per heavy atom. The number of aryl methyl sites for hydroxylation is 1. The first kappa shape index (κ1) is 16.8. The van der Waals surface area contributed by atoms with E-state index in [4.69, 9.17) is 0 Å². The molecule has 0 aliphatic heterocycles. The monoisotopic (exact) mass is 342 g/mol. The van der Waals surface area contributed by atoms with Crippen LogP contribution in [0.25, 0.3) is 32.7 Å². The molecule has 0 heterocycles. The van der Waals surface area contributed by atoms with E-state index < -0.39 is 0 Å². The second kappa shape index (κ2) is 7.29. The molecule has 0 spiro atoms. The summed E-state index contributed by atoms with van der Waals surface area (Å²) in [4.78, 5) is 0. The number of fused-ring (bicyclic) bond motifs is 3. The number of unbranched alkanes of at least 4 members (excludes halogenated alkanes) is 2. The van der Waals surface area contributed by atoms with Gasteiger partial charge in [0.15, 0.2) is 0 Å². The van der Waals surface area contributed by atoms with Gasteiger partial charge in [-0.05, 0) is 69.3 Å². The molecule has 0 aromatic heterocycles. The molecule has 4 aromatic rings. The van der Waals surface area contributed by atoms with E-state index in [1.165, 1.54) is 58.5 Å². The molecule has 0 saturated carbocycles. The van der Waals surface area contributed by atoms with Gasteiger partial charge in [-0.2, -0.15) is 0 Å². The Balaban J connectivity index is 1.72. The minimum Gasteiger partial charge on any atom is -0.207 e. The lowest BCUT2D eigenvalue weighted by Crippen LogP contribution is -1.87. The van der Waals surface area contributed by atoms with Gasteiger partial charge < -0.3 is 0 Å². The van der Waals surface area contributed by atoms with E-state index in [1.54, 1.807) is 0 Å². The van der Waals surface area contributed by atoms with Gasteiger partial charge in [0.1, 0.15) is 5.82 Å². The average Bonchev–Trinajstić information content (AvgIpc) is 2.68. The first-order valence-electron chi connectivity index (χ1n) is 9.46. The lowest BCUT2D eigenvalue weighted by atomic mass is 9.95. The lowest BCUT2D eigenvalue weighted by Gasteiger charge is -2.09. The highest BCUT2D eigenvalue weighted by molar-refractivity contribution is 6.08. The van der Waals surface area contributed by atoms with Crippen molar-refractivity contribution in [3.05, 3.63) is 84.2 Å². The van der Waals surface area contributed by atoms with Crippen molar-refractivity contribution in [1.29, 1.82) is 0 Å². The molecule has 0 unspecified atom stereocenters. The predicted molar refractivity (Wildman–Crippen MR) is 110 cm³/mol. The number of rotatable bonds is 5. The largest absolute Gasteiger partial charge is 0.207 e. The Kier molecular flexibility index (Phi) is 4.71. The van der Waals surface area contributed by atoms with E-state index >= 15 is 0 Å². The Morgan fingerprint density at radius 2 is 1.31 bits per heavy atom. The van der Waals surface area contributed by atoms with Crippen LogP contribution in [-0.2, 0) is 6.42 Å².